The fourth-order valence-corrected chi connectivity index (χ4v) is 1.93. The van der Waals surface area contributed by atoms with Crippen molar-refractivity contribution in [3.8, 4) is 0 Å². The molecule has 0 radical (unpaired) electrons. The summed E-state index contributed by atoms with van der Waals surface area (Å²) in [5, 5.41) is 26.4. The van der Waals surface area contributed by atoms with E-state index in [-0.39, 0.29) is 0 Å². The molecule has 5 N–H and O–H groups in total. The molecule has 0 aromatic heterocycles. The van der Waals surface area contributed by atoms with Crippen molar-refractivity contribution in [3.05, 3.63) is 0 Å². The summed E-state index contributed by atoms with van der Waals surface area (Å²) in [6.45, 7) is -0.447. The largest absolute Gasteiger partial charge is 0.481 e. The number of nitrogens with zero attached hydrogens (tertiary/aromatic N) is 1. The van der Waals surface area contributed by atoms with Crippen LogP contribution in [0.15, 0.2) is 0 Å². The van der Waals surface area contributed by atoms with Gasteiger partial charge in [-0.05, 0) is 0 Å². The molecule has 0 bridgehead atoms. The number of carbonyl (C=O) groups is 4. The standard InChI is InChI=1S/C10H14N2O7/c11-10(9(18)19)3-5(8(16)17)12(4-10)6(13)1-2-7(14)15/h5H,1-4,11H2,(H,14,15)(H,16,17)(H,18,19)/t5-,10-/m0/s1. The maximum atomic E-state index is 11.7. The number of carboxylic acids is 3. The Morgan fingerprint density at radius 1 is 1.16 bits per heavy atom. The second kappa shape index (κ2) is 5.22. The van der Waals surface area contributed by atoms with Gasteiger partial charge in [-0.1, -0.05) is 0 Å². The first-order valence-electron chi connectivity index (χ1n) is 5.44. The zero-order chi connectivity index (χ0) is 14.8. The predicted octanol–water partition coefficient (Wildman–Crippen LogP) is -1.68. The van der Waals surface area contributed by atoms with E-state index in [4.69, 9.17) is 21.1 Å². The van der Waals surface area contributed by atoms with Crippen molar-refractivity contribution in [1.82, 2.24) is 4.90 Å². The molecule has 1 heterocycles. The number of hydrogen-bond acceptors (Lipinski definition) is 5. The van der Waals surface area contributed by atoms with E-state index in [1.165, 1.54) is 0 Å². The van der Waals surface area contributed by atoms with Gasteiger partial charge in [0.25, 0.3) is 0 Å². The Morgan fingerprint density at radius 2 is 1.74 bits per heavy atom. The maximum absolute atomic E-state index is 11.7. The molecule has 0 unspecified atom stereocenters. The lowest BCUT2D eigenvalue weighted by Crippen LogP contribution is -2.50. The van der Waals surface area contributed by atoms with E-state index in [0.717, 1.165) is 4.90 Å². The van der Waals surface area contributed by atoms with Crippen LogP contribution in [0.25, 0.3) is 0 Å². The predicted molar refractivity (Wildman–Crippen MR) is 59.2 cm³/mol. The third kappa shape index (κ3) is 3.19. The first-order chi connectivity index (χ1) is 8.67. The molecule has 9 nitrogen and oxygen atoms in total. The third-order valence-corrected chi connectivity index (χ3v) is 2.97. The molecule has 19 heavy (non-hydrogen) atoms. The zero-order valence-electron chi connectivity index (χ0n) is 9.90. The molecule has 1 amide bonds. The van der Waals surface area contributed by atoms with Crippen molar-refractivity contribution in [2.75, 3.05) is 6.54 Å². The second-order valence-electron chi connectivity index (χ2n) is 4.43. The van der Waals surface area contributed by atoms with Crippen LogP contribution in [-0.2, 0) is 19.2 Å². The fraction of sp³-hybridized carbons (Fsp3) is 0.600. The van der Waals surface area contributed by atoms with E-state index in [1.54, 1.807) is 0 Å². The van der Waals surface area contributed by atoms with Gasteiger partial charge in [0.15, 0.2) is 0 Å². The molecule has 1 fully saturated rings. The second-order valence-corrected chi connectivity index (χ2v) is 4.43. The van der Waals surface area contributed by atoms with E-state index >= 15 is 0 Å². The monoisotopic (exact) mass is 274 g/mol. The van der Waals surface area contributed by atoms with Crippen LogP contribution in [0.1, 0.15) is 19.3 Å². The van der Waals surface area contributed by atoms with Gasteiger partial charge in [-0.3, -0.25) is 14.4 Å². The van der Waals surface area contributed by atoms with E-state index in [9.17, 15) is 19.2 Å². The lowest BCUT2D eigenvalue weighted by Gasteiger charge is -2.21. The Balaban J connectivity index is 2.85. The average molecular weight is 274 g/mol. The summed E-state index contributed by atoms with van der Waals surface area (Å²) in [6, 6.07) is -1.35. The fourth-order valence-electron chi connectivity index (χ4n) is 1.93. The van der Waals surface area contributed by atoms with E-state index in [2.05, 4.69) is 0 Å². The smallest absolute Gasteiger partial charge is 0.326 e. The molecule has 0 spiro atoms. The van der Waals surface area contributed by atoms with Crippen molar-refractivity contribution in [3.63, 3.8) is 0 Å². The molecule has 0 aromatic rings. The molecular weight excluding hydrogens is 260 g/mol. The first-order valence-corrected chi connectivity index (χ1v) is 5.44. The summed E-state index contributed by atoms with van der Waals surface area (Å²) in [7, 11) is 0. The number of likely N-dealkylation sites (tertiary alicyclic amines) is 1. The highest BCUT2D eigenvalue weighted by Gasteiger charge is 2.51. The first kappa shape index (κ1) is 14.9. The summed E-state index contributed by atoms with van der Waals surface area (Å²) in [5.41, 5.74) is 3.72. The van der Waals surface area contributed by atoms with Gasteiger partial charge < -0.3 is 26.0 Å². The minimum Gasteiger partial charge on any atom is -0.481 e. The van der Waals surface area contributed by atoms with Gasteiger partial charge >= 0.3 is 17.9 Å². The van der Waals surface area contributed by atoms with Crippen molar-refractivity contribution in [2.45, 2.75) is 30.8 Å². The van der Waals surface area contributed by atoms with Gasteiger partial charge in [0.2, 0.25) is 5.91 Å². The summed E-state index contributed by atoms with van der Waals surface area (Å²) < 4.78 is 0. The summed E-state index contributed by atoms with van der Waals surface area (Å²) in [5.74, 6) is -4.69. The highest BCUT2D eigenvalue weighted by Crippen LogP contribution is 2.26. The highest BCUT2D eigenvalue weighted by atomic mass is 16.4. The van der Waals surface area contributed by atoms with Crippen LogP contribution < -0.4 is 5.73 Å². The van der Waals surface area contributed by atoms with Gasteiger partial charge in [0.1, 0.15) is 11.6 Å². The van der Waals surface area contributed by atoms with Crippen LogP contribution in [0, 0.1) is 0 Å². The number of carboxylic acid groups (broad SMARTS) is 3. The molecule has 9 heteroatoms. The molecular formula is C10H14N2O7. The molecule has 0 saturated carbocycles. The van der Waals surface area contributed by atoms with E-state index < -0.39 is 61.2 Å². The van der Waals surface area contributed by atoms with Gasteiger partial charge in [0, 0.05) is 12.8 Å². The van der Waals surface area contributed by atoms with E-state index in [1.807, 2.05) is 0 Å². The Bertz CT molecular complexity index is 436. The number of aliphatic carboxylic acids is 3. The zero-order valence-corrected chi connectivity index (χ0v) is 9.90. The van der Waals surface area contributed by atoms with Crippen molar-refractivity contribution in [2.24, 2.45) is 5.73 Å². The minimum absolute atomic E-state index is 0.394. The lowest BCUT2D eigenvalue weighted by molar-refractivity contribution is -0.149. The van der Waals surface area contributed by atoms with Crippen LogP contribution in [0.5, 0.6) is 0 Å². The molecule has 1 aliphatic heterocycles. The summed E-state index contributed by atoms with van der Waals surface area (Å²) in [6.07, 6.45) is -1.25. The number of rotatable bonds is 5. The van der Waals surface area contributed by atoms with Crippen LogP contribution in [0.2, 0.25) is 0 Å². The van der Waals surface area contributed by atoms with E-state index in [0.29, 0.717) is 0 Å². The third-order valence-electron chi connectivity index (χ3n) is 2.97. The normalized spacial score (nSPS) is 26.2. The Hall–Kier alpha value is -2.16. The summed E-state index contributed by atoms with van der Waals surface area (Å²) >= 11 is 0. The Morgan fingerprint density at radius 3 is 2.16 bits per heavy atom. The number of amides is 1. The van der Waals surface area contributed by atoms with Gasteiger partial charge in [-0.15, -0.1) is 0 Å². The molecule has 1 aliphatic rings. The average Bonchev–Trinajstić information content (AvgIpc) is 2.66. The summed E-state index contributed by atoms with van der Waals surface area (Å²) in [4.78, 5) is 44.9. The number of hydrogen-bond donors (Lipinski definition) is 4. The number of carbonyl (C=O) groups excluding carboxylic acids is 1. The number of nitrogens with two attached hydrogens (primary N) is 1. The molecule has 0 aromatic carbocycles. The van der Waals surface area contributed by atoms with Gasteiger partial charge in [-0.2, -0.15) is 0 Å². The Kier molecular flexibility index (Phi) is 4.10. The van der Waals surface area contributed by atoms with Gasteiger partial charge in [0.05, 0.1) is 13.0 Å². The van der Waals surface area contributed by atoms with Crippen LogP contribution in [0.4, 0.5) is 0 Å². The minimum atomic E-state index is -1.82. The molecule has 106 valence electrons. The maximum Gasteiger partial charge on any atom is 0.326 e. The van der Waals surface area contributed by atoms with Crippen molar-refractivity contribution < 1.29 is 34.5 Å². The highest BCUT2D eigenvalue weighted by molar-refractivity contribution is 5.90. The van der Waals surface area contributed by atoms with Crippen LogP contribution in [-0.4, -0.2) is 62.2 Å². The van der Waals surface area contributed by atoms with Crippen LogP contribution >= 0.6 is 0 Å². The quantitative estimate of drug-likeness (QED) is 0.462. The molecule has 0 aliphatic carbocycles. The van der Waals surface area contributed by atoms with Crippen LogP contribution in [0.3, 0.4) is 0 Å². The molecule has 1 saturated heterocycles. The SMILES string of the molecule is N[C@@]1(C(=O)O)C[C@@H](C(=O)O)N(C(=O)CCC(=O)O)C1. The molecule has 1 rings (SSSR count). The Labute approximate surface area is 107 Å². The lowest BCUT2D eigenvalue weighted by atomic mass is 9.98. The van der Waals surface area contributed by atoms with Crippen molar-refractivity contribution in [1.29, 1.82) is 0 Å². The molecule has 2 atom stereocenters. The topological polar surface area (TPSA) is 158 Å². The van der Waals surface area contributed by atoms with Crippen molar-refractivity contribution >= 4 is 23.8 Å². The van der Waals surface area contributed by atoms with Gasteiger partial charge in [-0.25, -0.2) is 4.79 Å².